The molecule has 3 aromatic rings. The zero-order valence-corrected chi connectivity index (χ0v) is 15.9. The smallest absolute Gasteiger partial charge is 0.387 e. The third-order valence-corrected chi connectivity index (χ3v) is 4.61. The number of hydrogen-bond acceptors (Lipinski definition) is 3. The maximum absolute atomic E-state index is 12.7. The van der Waals surface area contributed by atoms with Gasteiger partial charge in [-0.1, -0.05) is 44.2 Å². The van der Waals surface area contributed by atoms with Gasteiger partial charge in [-0.2, -0.15) is 8.78 Å². The monoisotopic (exact) mass is 387 g/mol. The van der Waals surface area contributed by atoms with Gasteiger partial charge in [0.15, 0.2) is 0 Å². The summed E-state index contributed by atoms with van der Waals surface area (Å²) in [6.07, 6.45) is 1.24. The number of halogens is 2. The lowest BCUT2D eigenvalue weighted by Gasteiger charge is -2.21. The molecule has 1 heterocycles. The molecule has 0 aliphatic rings. The number of aryl methyl sites for hydroxylation is 1. The fourth-order valence-corrected chi connectivity index (χ4v) is 3.33. The van der Waals surface area contributed by atoms with E-state index >= 15 is 0 Å². The first-order valence-corrected chi connectivity index (χ1v) is 9.30. The summed E-state index contributed by atoms with van der Waals surface area (Å²) in [4.78, 5) is 17.3. The summed E-state index contributed by atoms with van der Waals surface area (Å²) in [7, 11) is 0. The number of ether oxygens (including phenoxy) is 1. The largest absolute Gasteiger partial charge is 0.434 e. The van der Waals surface area contributed by atoms with E-state index in [1.54, 1.807) is 18.2 Å². The van der Waals surface area contributed by atoms with Crippen LogP contribution in [0.15, 0.2) is 48.5 Å². The van der Waals surface area contributed by atoms with Crippen LogP contribution < -0.4 is 10.1 Å². The molecule has 1 amide bonds. The third kappa shape index (κ3) is 4.30. The molecule has 0 aliphatic carbocycles. The highest BCUT2D eigenvalue weighted by molar-refractivity contribution is 5.81. The molecule has 148 valence electrons. The number of alkyl halides is 2. The van der Waals surface area contributed by atoms with Gasteiger partial charge in [-0.25, -0.2) is 4.98 Å². The van der Waals surface area contributed by atoms with E-state index in [0.717, 1.165) is 16.9 Å². The molecule has 0 radical (unpaired) electrons. The molecule has 5 nitrogen and oxygen atoms in total. The maximum Gasteiger partial charge on any atom is 0.387 e. The Morgan fingerprint density at radius 2 is 1.86 bits per heavy atom. The van der Waals surface area contributed by atoms with Gasteiger partial charge >= 0.3 is 6.61 Å². The lowest BCUT2D eigenvalue weighted by atomic mass is 10.0. The van der Waals surface area contributed by atoms with Crippen molar-refractivity contribution in [3.8, 4) is 5.75 Å². The summed E-state index contributed by atoms with van der Waals surface area (Å²) in [5, 5.41) is 2.94. The van der Waals surface area contributed by atoms with E-state index in [2.05, 4.69) is 15.0 Å². The number of imidazole rings is 1. The fourth-order valence-electron chi connectivity index (χ4n) is 3.33. The number of hydrogen-bond donors (Lipinski definition) is 1. The van der Waals surface area contributed by atoms with Crippen LogP contribution in [-0.4, -0.2) is 22.1 Å². The van der Waals surface area contributed by atoms with Crippen molar-refractivity contribution in [2.45, 2.75) is 45.9 Å². The number of nitrogens with one attached hydrogen (secondary N) is 1. The number of carbonyl (C=O) groups excluding carboxylic acids is 1. The van der Waals surface area contributed by atoms with Gasteiger partial charge in [0.25, 0.3) is 0 Å². The highest BCUT2D eigenvalue weighted by atomic mass is 19.3. The van der Waals surface area contributed by atoms with Crippen molar-refractivity contribution >= 4 is 16.9 Å². The molecule has 0 fully saturated rings. The maximum atomic E-state index is 12.7. The second-order valence-electron chi connectivity index (χ2n) is 6.40. The predicted molar refractivity (Wildman–Crippen MR) is 103 cm³/mol. The van der Waals surface area contributed by atoms with Gasteiger partial charge < -0.3 is 14.6 Å². The van der Waals surface area contributed by atoms with E-state index in [9.17, 15) is 13.6 Å². The minimum atomic E-state index is -2.92. The van der Waals surface area contributed by atoms with Gasteiger partial charge in [0.2, 0.25) is 5.91 Å². The predicted octanol–water partition coefficient (Wildman–Crippen LogP) is 4.47. The first-order chi connectivity index (χ1) is 13.5. The quantitative estimate of drug-likeness (QED) is 0.621. The van der Waals surface area contributed by atoms with Crippen molar-refractivity contribution in [3.63, 3.8) is 0 Å². The fraction of sp³-hybridized carbons (Fsp3) is 0.333. The van der Waals surface area contributed by atoms with Crippen molar-refractivity contribution in [3.05, 3.63) is 59.9 Å². The number of benzene rings is 2. The molecule has 7 heteroatoms. The van der Waals surface area contributed by atoms with E-state index < -0.39 is 12.7 Å². The Morgan fingerprint density at radius 1 is 1.14 bits per heavy atom. The Labute approximate surface area is 162 Å². The second kappa shape index (κ2) is 8.82. The normalized spacial score (nSPS) is 12.3. The number of fused-ring (bicyclic) bond motifs is 1. The molecule has 1 unspecified atom stereocenters. The van der Waals surface area contributed by atoms with Crippen LogP contribution in [0.3, 0.4) is 0 Å². The first kappa shape index (κ1) is 19.8. The number of amides is 1. The van der Waals surface area contributed by atoms with E-state index in [1.165, 1.54) is 6.07 Å². The Kier molecular flexibility index (Phi) is 6.23. The Balaban J connectivity index is 1.81. The molecule has 0 saturated heterocycles. The number of nitrogens with zero attached hydrogens (tertiary/aromatic N) is 2. The summed E-state index contributed by atoms with van der Waals surface area (Å²) < 4.78 is 31.9. The zero-order chi connectivity index (χ0) is 20.1. The van der Waals surface area contributed by atoms with Crippen LogP contribution in [0.25, 0.3) is 11.0 Å². The lowest BCUT2D eigenvalue weighted by Crippen LogP contribution is -2.32. The molecule has 0 bridgehead atoms. The van der Waals surface area contributed by atoms with Crippen LogP contribution in [0.1, 0.15) is 37.7 Å². The highest BCUT2D eigenvalue weighted by Crippen LogP contribution is 2.28. The van der Waals surface area contributed by atoms with Crippen molar-refractivity contribution in [1.29, 1.82) is 0 Å². The van der Waals surface area contributed by atoms with Crippen molar-refractivity contribution < 1.29 is 18.3 Å². The summed E-state index contributed by atoms with van der Waals surface area (Å²) in [6, 6.07) is 13.8. The molecule has 3 rings (SSSR count). The molecule has 2 aromatic carbocycles. The van der Waals surface area contributed by atoms with Gasteiger partial charge in [0.05, 0.1) is 17.1 Å². The molecule has 1 aromatic heterocycles. The van der Waals surface area contributed by atoms with Crippen LogP contribution in [0.2, 0.25) is 0 Å². The van der Waals surface area contributed by atoms with Crippen molar-refractivity contribution in [2.24, 2.45) is 0 Å². The van der Waals surface area contributed by atoms with E-state index in [1.807, 2.05) is 42.7 Å². The zero-order valence-electron chi connectivity index (χ0n) is 15.9. The van der Waals surface area contributed by atoms with Crippen LogP contribution in [-0.2, 0) is 17.8 Å². The second-order valence-corrected chi connectivity index (χ2v) is 6.40. The lowest BCUT2D eigenvalue weighted by molar-refractivity contribution is -0.122. The number of aromatic nitrogens is 2. The van der Waals surface area contributed by atoms with E-state index in [-0.39, 0.29) is 18.2 Å². The number of carbonyl (C=O) groups is 1. The van der Waals surface area contributed by atoms with E-state index in [0.29, 0.717) is 18.4 Å². The Hall–Kier alpha value is -2.96. The molecule has 0 aliphatic heterocycles. The SMILES string of the molecule is CCc1nc2ccccc2n1CC(=O)NC(CC)c1ccccc1OC(F)F. The average molecular weight is 387 g/mol. The Bertz CT molecular complexity index is 956. The molecule has 28 heavy (non-hydrogen) atoms. The number of para-hydroxylation sites is 3. The molecule has 1 atom stereocenters. The Morgan fingerprint density at radius 3 is 2.57 bits per heavy atom. The summed E-state index contributed by atoms with van der Waals surface area (Å²) in [5.74, 6) is 0.689. The van der Waals surface area contributed by atoms with Crippen molar-refractivity contribution in [2.75, 3.05) is 0 Å². The molecule has 0 saturated carbocycles. The minimum Gasteiger partial charge on any atom is -0.434 e. The van der Waals surface area contributed by atoms with Gasteiger partial charge in [0, 0.05) is 12.0 Å². The van der Waals surface area contributed by atoms with E-state index in [4.69, 9.17) is 0 Å². The summed E-state index contributed by atoms with van der Waals surface area (Å²) in [6.45, 7) is 1.06. The minimum absolute atomic E-state index is 0.0759. The topological polar surface area (TPSA) is 56.2 Å². The number of rotatable bonds is 8. The van der Waals surface area contributed by atoms with Crippen molar-refractivity contribution in [1.82, 2.24) is 14.9 Å². The van der Waals surface area contributed by atoms with Gasteiger partial charge in [-0.3, -0.25) is 4.79 Å². The van der Waals surface area contributed by atoms with Crippen LogP contribution in [0.5, 0.6) is 5.75 Å². The molecular weight excluding hydrogens is 364 g/mol. The van der Waals surface area contributed by atoms with Crippen LogP contribution in [0.4, 0.5) is 8.78 Å². The van der Waals surface area contributed by atoms with Gasteiger partial charge in [-0.15, -0.1) is 0 Å². The first-order valence-electron chi connectivity index (χ1n) is 9.30. The standard InChI is InChI=1S/C21H23F2N3O2/c1-3-15(14-9-5-8-12-18(14)28-21(22)23)25-20(27)13-26-17-11-7-6-10-16(17)24-19(26)4-2/h5-12,15,21H,3-4,13H2,1-2H3,(H,25,27). The average Bonchev–Trinajstić information content (AvgIpc) is 3.04. The molecule has 0 spiro atoms. The van der Waals surface area contributed by atoms with Gasteiger partial charge in [0.1, 0.15) is 18.1 Å². The van der Waals surface area contributed by atoms with Gasteiger partial charge in [-0.05, 0) is 24.6 Å². The summed E-state index contributed by atoms with van der Waals surface area (Å²) >= 11 is 0. The van der Waals surface area contributed by atoms with Crippen LogP contribution in [0, 0.1) is 0 Å². The molecule has 1 N–H and O–H groups in total. The third-order valence-electron chi connectivity index (χ3n) is 4.61. The summed E-state index contributed by atoms with van der Waals surface area (Å²) in [5.41, 5.74) is 2.27. The highest BCUT2D eigenvalue weighted by Gasteiger charge is 2.20. The molecular formula is C21H23F2N3O2. The van der Waals surface area contributed by atoms with Crippen LogP contribution >= 0.6 is 0 Å².